The van der Waals surface area contributed by atoms with E-state index in [0.717, 1.165) is 11.3 Å². The molecule has 0 aliphatic heterocycles. The van der Waals surface area contributed by atoms with Crippen LogP contribution < -0.4 is 4.72 Å². The Balaban J connectivity index is 3.12. The second-order valence-corrected chi connectivity index (χ2v) is 8.26. The van der Waals surface area contributed by atoms with Crippen LogP contribution in [0.4, 0.5) is 0 Å². The number of nitrogens with one attached hydrogen (secondary N) is 1. The molecule has 1 N–H and O–H groups in total. The number of hydrogen-bond donors (Lipinski definition) is 1. The summed E-state index contributed by atoms with van der Waals surface area (Å²) in [5, 5.41) is 0. The van der Waals surface area contributed by atoms with Crippen molar-refractivity contribution in [1.82, 2.24) is 4.72 Å². The molecule has 1 heterocycles. The zero-order valence-corrected chi connectivity index (χ0v) is 14.2. The van der Waals surface area contributed by atoms with Gasteiger partial charge >= 0.3 is 5.97 Å². The molecule has 1 unspecified atom stereocenters. The molecule has 1 rings (SSSR count). The number of carbonyl (C=O) groups excluding carboxylic acids is 1. The van der Waals surface area contributed by atoms with Crippen LogP contribution in [0.25, 0.3) is 0 Å². The minimum absolute atomic E-state index is 0.0891. The van der Waals surface area contributed by atoms with E-state index in [1.807, 2.05) is 6.92 Å². The lowest BCUT2D eigenvalue weighted by Crippen LogP contribution is -2.52. The largest absolute Gasteiger partial charge is 0.468 e. The van der Waals surface area contributed by atoms with E-state index in [9.17, 15) is 13.2 Å². The van der Waals surface area contributed by atoms with Crippen molar-refractivity contribution < 1.29 is 17.9 Å². The van der Waals surface area contributed by atoms with E-state index in [0.29, 0.717) is 22.7 Å². The van der Waals surface area contributed by atoms with Crippen molar-refractivity contribution >= 4 is 38.9 Å². The van der Waals surface area contributed by atoms with Gasteiger partial charge in [-0.15, -0.1) is 11.3 Å². The average molecular weight is 340 g/mol. The minimum Gasteiger partial charge on any atom is -0.468 e. The second-order valence-electron chi connectivity index (χ2n) is 4.70. The van der Waals surface area contributed by atoms with E-state index in [2.05, 4.69) is 4.72 Å². The SMILES string of the molecule is CCCC(C)(NS(=O)(=O)c1cc(C)c(Cl)s1)C(=O)OC. The Hall–Kier alpha value is -0.630. The third-order valence-corrected chi connectivity index (χ3v) is 6.47. The number of hydrogen-bond acceptors (Lipinski definition) is 5. The van der Waals surface area contributed by atoms with Gasteiger partial charge in [-0.2, -0.15) is 4.72 Å². The molecule has 0 saturated carbocycles. The van der Waals surface area contributed by atoms with Crippen molar-refractivity contribution in [3.05, 3.63) is 16.0 Å². The number of halogens is 1. The zero-order valence-electron chi connectivity index (χ0n) is 11.8. The number of rotatable bonds is 6. The molecule has 8 heteroatoms. The normalized spacial score (nSPS) is 14.8. The Bertz CT molecular complexity index is 577. The van der Waals surface area contributed by atoms with Crippen LogP contribution in [0.2, 0.25) is 4.34 Å². The maximum atomic E-state index is 12.3. The fraction of sp³-hybridized carbons (Fsp3) is 0.583. The van der Waals surface area contributed by atoms with Gasteiger partial charge in [-0.1, -0.05) is 24.9 Å². The van der Waals surface area contributed by atoms with Gasteiger partial charge in [0.05, 0.1) is 11.4 Å². The van der Waals surface area contributed by atoms with Crippen molar-refractivity contribution in [2.45, 2.75) is 43.4 Å². The van der Waals surface area contributed by atoms with E-state index in [1.54, 1.807) is 6.92 Å². The molecular weight excluding hydrogens is 322 g/mol. The van der Waals surface area contributed by atoms with Gasteiger partial charge in [0.25, 0.3) is 10.0 Å². The number of sulfonamides is 1. The molecule has 0 spiro atoms. The van der Waals surface area contributed by atoms with Crippen molar-refractivity contribution in [2.24, 2.45) is 0 Å². The molecule has 0 radical (unpaired) electrons. The number of ether oxygens (including phenoxy) is 1. The van der Waals surface area contributed by atoms with Gasteiger partial charge in [0, 0.05) is 0 Å². The lowest BCUT2D eigenvalue weighted by atomic mass is 9.98. The highest BCUT2D eigenvalue weighted by Gasteiger charge is 2.38. The number of aryl methyl sites for hydroxylation is 1. The first-order valence-corrected chi connectivity index (χ1v) is 8.72. The molecule has 20 heavy (non-hydrogen) atoms. The Morgan fingerprint density at radius 2 is 2.15 bits per heavy atom. The molecule has 0 aliphatic carbocycles. The lowest BCUT2D eigenvalue weighted by Gasteiger charge is -2.26. The van der Waals surface area contributed by atoms with Crippen molar-refractivity contribution in [3.63, 3.8) is 0 Å². The molecule has 0 bridgehead atoms. The van der Waals surface area contributed by atoms with Crippen molar-refractivity contribution in [3.8, 4) is 0 Å². The lowest BCUT2D eigenvalue weighted by molar-refractivity contribution is -0.147. The highest BCUT2D eigenvalue weighted by Crippen LogP contribution is 2.31. The summed E-state index contributed by atoms with van der Waals surface area (Å²) in [6.07, 6.45) is 0.981. The van der Waals surface area contributed by atoms with Crippen LogP contribution in [-0.2, 0) is 19.6 Å². The van der Waals surface area contributed by atoms with Gasteiger partial charge in [-0.25, -0.2) is 8.42 Å². The van der Waals surface area contributed by atoms with Crippen molar-refractivity contribution in [2.75, 3.05) is 7.11 Å². The third kappa shape index (κ3) is 3.72. The predicted octanol–water partition coefficient (Wildman–Crippen LogP) is 2.72. The fourth-order valence-electron chi connectivity index (χ4n) is 1.83. The maximum Gasteiger partial charge on any atom is 0.326 e. The Labute approximate surface area is 128 Å². The van der Waals surface area contributed by atoms with E-state index >= 15 is 0 Å². The summed E-state index contributed by atoms with van der Waals surface area (Å²) in [7, 11) is -2.58. The topological polar surface area (TPSA) is 72.5 Å². The second kappa shape index (κ2) is 6.43. The summed E-state index contributed by atoms with van der Waals surface area (Å²) in [6, 6.07) is 1.49. The molecule has 0 aromatic carbocycles. The van der Waals surface area contributed by atoms with Gasteiger partial charge in [-0.3, -0.25) is 4.79 Å². The molecule has 0 fully saturated rings. The smallest absolute Gasteiger partial charge is 0.326 e. The van der Waals surface area contributed by atoms with E-state index in [-0.39, 0.29) is 4.21 Å². The Morgan fingerprint density at radius 1 is 1.55 bits per heavy atom. The molecule has 1 aromatic heterocycles. The number of thiophene rings is 1. The first kappa shape index (κ1) is 17.4. The molecule has 0 aliphatic rings. The van der Waals surface area contributed by atoms with E-state index in [1.165, 1.54) is 20.1 Å². The molecular formula is C12H18ClNO4S2. The third-order valence-electron chi connectivity index (χ3n) is 2.84. The van der Waals surface area contributed by atoms with Crippen LogP contribution in [0, 0.1) is 6.92 Å². The summed E-state index contributed by atoms with van der Waals surface area (Å²) in [5.74, 6) is -0.609. The first-order chi connectivity index (χ1) is 9.16. The van der Waals surface area contributed by atoms with Gasteiger partial charge in [0.2, 0.25) is 0 Å². The molecule has 0 saturated heterocycles. The Morgan fingerprint density at radius 3 is 2.55 bits per heavy atom. The molecule has 114 valence electrons. The zero-order chi connectivity index (χ0) is 15.6. The van der Waals surface area contributed by atoms with Gasteiger partial charge < -0.3 is 4.74 Å². The minimum atomic E-state index is -3.81. The molecule has 1 atom stereocenters. The highest BCUT2D eigenvalue weighted by molar-refractivity contribution is 7.91. The van der Waals surface area contributed by atoms with Crippen LogP contribution in [0.5, 0.6) is 0 Å². The molecule has 5 nitrogen and oxygen atoms in total. The van der Waals surface area contributed by atoms with Gasteiger partial charge in [-0.05, 0) is 31.9 Å². The number of esters is 1. The average Bonchev–Trinajstić information content (AvgIpc) is 2.69. The van der Waals surface area contributed by atoms with E-state index in [4.69, 9.17) is 16.3 Å². The van der Waals surface area contributed by atoms with Crippen LogP contribution in [0.1, 0.15) is 32.3 Å². The molecule has 1 aromatic rings. The Kier molecular flexibility index (Phi) is 5.60. The van der Waals surface area contributed by atoms with Gasteiger partial charge in [0.15, 0.2) is 0 Å². The van der Waals surface area contributed by atoms with Crippen LogP contribution in [0.3, 0.4) is 0 Å². The summed E-state index contributed by atoms with van der Waals surface area (Å²) >= 11 is 6.85. The summed E-state index contributed by atoms with van der Waals surface area (Å²) in [4.78, 5) is 11.8. The number of methoxy groups -OCH3 is 1. The van der Waals surface area contributed by atoms with E-state index < -0.39 is 21.5 Å². The van der Waals surface area contributed by atoms with Gasteiger partial charge in [0.1, 0.15) is 9.75 Å². The molecule has 0 amide bonds. The van der Waals surface area contributed by atoms with Crippen molar-refractivity contribution in [1.29, 1.82) is 0 Å². The quantitative estimate of drug-likeness (QED) is 0.809. The standard InChI is InChI=1S/C12H18ClNO4S2/c1-5-6-12(3,11(15)18-4)14-20(16,17)9-7-8(2)10(13)19-9/h7,14H,5-6H2,1-4H3. The van der Waals surface area contributed by atoms with Crippen LogP contribution in [-0.4, -0.2) is 27.0 Å². The number of carbonyl (C=O) groups is 1. The fourth-order valence-corrected chi connectivity index (χ4v) is 4.93. The summed E-state index contributed by atoms with van der Waals surface area (Å²) < 4.78 is 32.3. The monoisotopic (exact) mass is 339 g/mol. The maximum absolute atomic E-state index is 12.3. The van der Waals surface area contributed by atoms with Crippen LogP contribution >= 0.6 is 22.9 Å². The highest BCUT2D eigenvalue weighted by atomic mass is 35.5. The summed E-state index contributed by atoms with van der Waals surface area (Å²) in [6.45, 7) is 5.10. The summed E-state index contributed by atoms with van der Waals surface area (Å²) in [5.41, 5.74) is -0.598. The van der Waals surface area contributed by atoms with Crippen LogP contribution in [0.15, 0.2) is 10.3 Å². The first-order valence-electron chi connectivity index (χ1n) is 6.04. The predicted molar refractivity (Wildman–Crippen MR) is 79.7 cm³/mol.